The maximum Gasteiger partial charge on any atom is 0.573 e. The van der Waals surface area contributed by atoms with Gasteiger partial charge < -0.3 is 9.47 Å². The summed E-state index contributed by atoms with van der Waals surface area (Å²) in [4.78, 5) is 2.85. The zero-order chi connectivity index (χ0) is 15.7. The van der Waals surface area contributed by atoms with Gasteiger partial charge in [0.05, 0.1) is 7.11 Å². The van der Waals surface area contributed by atoms with Crippen molar-refractivity contribution < 1.29 is 44.6 Å². The number of hydrogen-bond donors (Lipinski definition) is 0. The molecule has 0 unspecified atom stereocenters. The highest BCUT2D eigenvalue weighted by Crippen LogP contribution is 2.44. The second kappa shape index (κ2) is 5.29. The molecule has 0 atom stereocenters. The quantitative estimate of drug-likeness (QED) is 0.792. The predicted octanol–water partition coefficient (Wildman–Crippen LogP) is 3.95. The van der Waals surface area contributed by atoms with Crippen molar-refractivity contribution in [3.63, 3.8) is 0 Å². The summed E-state index contributed by atoms with van der Waals surface area (Å²) >= 11 is 0. The molecule has 0 aliphatic heterocycles. The summed E-state index contributed by atoms with van der Waals surface area (Å²) in [5.41, 5.74) is -3.87. The first-order valence-electron chi connectivity index (χ1n) is 4.65. The fourth-order valence-corrected chi connectivity index (χ4v) is 1.21. The largest absolute Gasteiger partial charge is 0.573 e. The van der Waals surface area contributed by atoms with Gasteiger partial charge in [0.1, 0.15) is 5.56 Å². The van der Waals surface area contributed by atoms with Crippen LogP contribution in [0.5, 0.6) is 11.6 Å². The van der Waals surface area contributed by atoms with Gasteiger partial charge in [0.2, 0.25) is 5.88 Å². The molecule has 1 heterocycles. The Hall–Kier alpha value is -1.81. The Morgan fingerprint density at radius 2 is 1.65 bits per heavy atom. The Kier molecular flexibility index (Phi) is 4.30. The van der Waals surface area contributed by atoms with Crippen molar-refractivity contribution in [3.05, 3.63) is 17.3 Å². The van der Waals surface area contributed by atoms with Gasteiger partial charge in [0.15, 0.2) is 11.4 Å². The van der Waals surface area contributed by atoms with Gasteiger partial charge in [0, 0.05) is 6.07 Å². The topological polar surface area (TPSA) is 31.4 Å². The van der Waals surface area contributed by atoms with Crippen LogP contribution in [0.2, 0.25) is 0 Å². The molecule has 0 saturated carbocycles. The molecule has 11 heteroatoms. The fraction of sp³-hybridized carbons (Fsp3) is 0.444. The van der Waals surface area contributed by atoms with Crippen LogP contribution in [0.1, 0.15) is 17.7 Å². The molecule has 1 rings (SSSR count). The van der Waals surface area contributed by atoms with E-state index in [1.54, 1.807) is 0 Å². The van der Waals surface area contributed by atoms with Crippen molar-refractivity contribution in [2.75, 3.05) is 7.11 Å². The lowest BCUT2D eigenvalue weighted by molar-refractivity contribution is -0.277. The van der Waals surface area contributed by atoms with E-state index in [1.165, 1.54) is 0 Å². The van der Waals surface area contributed by atoms with Gasteiger partial charge in [0.25, 0.3) is 6.43 Å². The average molecular weight is 311 g/mol. The van der Waals surface area contributed by atoms with Crippen LogP contribution in [-0.2, 0) is 6.18 Å². The van der Waals surface area contributed by atoms with Gasteiger partial charge in [-0.2, -0.15) is 13.2 Å². The van der Waals surface area contributed by atoms with Crippen LogP contribution in [0, 0.1) is 0 Å². The van der Waals surface area contributed by atoms with Crippen molar-refractivity contribution >= 4 is 0 Å². The molecule has 0 N–H and O–H groups in total. The number of rotatable bonds is 3. The Bertz CT molecular complexity index is 482. The summed E-state index contributed by atoms with van der Waals surface area (Å²) in [6.07, 6.45) is -14.7. The molecule has 0 aliphatic rings. The monoisotopic (exact) mass is 311 g/mol. The molecule has 0 bridgehead atoms. The molecule has 0 saturated heterocycles. The van der Waals surface area contributed by atoms with Crippen molar-refractivity contribution in [1.29, 1.82) is 0 Å². The summed E-state index contributed by atoms with van der Waals surface area (Å²) in [7, 11) is 0.821. The van der Waals surface area contributed by atoms with E-state index < -0.39 is 41.9 Å². The first-order chi connectivity index (χ1) is 8.95. The van der Waals surface area contributed by atoms with E-state index >= 15 is 0 Å². The van der Waals surface area contributed by atoms with Gasteiger partial charge >= 0.3 is 12.5 Å². The first-order valence-corrected chi connectivity index (χ1v) is 4.65. The summed E-state index contributed by atoms with van der Waals surface area (Å²) < 4.78 is 106. The lowest BCUT2D eigenvalue weighted by Gasteiger charge is -2.18. The molecule has 0 aliphatic carbocycles. The van der Waals surface area contributed by atoms with Gasteiger partial charge in [-0.15, -0.1) is 13.2 Å². The standard InChI is InChI=1S/C9H5F8NO2/c1-19-4-2-3(8(12,13)14)6(20-9(15,16)17)5(18-4)7(10)11/h2,7H,1H3. The van der Waals surface area contributed by atoms with E-state index in [9.17, 15) is 35.1 Å². The summed E-state index contributed by atoms with van der Waals surface area (Å²) in [5, 5.41) is 0. The minimum Gasteiger partial charge on any atom is -0.481 e. The van der Waals surface area contributed by atoms with Crippen molar-refractivity contribution in [3.8, 4) is 11.6 Å². The van der Waals surface area contributed by atoms with E-state index in [0.29, 0.717) is 0 Å². The SMILES string of the molecule is COc1cc(C(F)(F)F)c(OC(F)(F)F)c(C(F)F)n1. The number of pyridine rings is 1. The predicted molar refractivity (Wildman–Crippen MR) is 47.4 cm³/mol. The molecule has 0 spiro atoms. The van der Waals surface area contributed by atoms with Crippen LogP contribution in [0.3, 0.4) is 0 Å². The fourth-order valence-electron chi connectivity index (χ4n) is 1.21. The van der Waals surface area contributed by atoms with E-state index in [1.807, 2.05) is 0 Å². The third-order valence-corrected chi connectivity index (χ3v) is 1.91. The number of ether oxygens (including phenoxy) is 2. The number of nitrogens with zero attached hydrogens (tertiary/aromatic N) is 1. The Balaban J connectivity index is 3.56. The first kappa shape index (κ1) is 16.2. The smallest absolute Gasteiger partial charge is 0.481 e. The second-order valence-electron chi connectivity index (χ2n) is 3.27. The number of halogens is 8. The van der Waals surface area contributed by atoms with Gasteiger partial charge in [-0.3, -0.25) is 0 Å². The number of methoxy groups -OCH3 is 1. The lowest BCUT2D eigenvalue weighted by Crippen LogP contribution is -2.22. The van der Waals surface area contributed by atoms with Crippen LogP contribution < -0.4 is 9.47 Å². The van der Waals surface area contributed by atoms with Crippen LogP contribution in [0.15, 0.2) is 6.07 Å². The molecule has 1 aromatic heterocycles. The molecule has 0 radical (unpaired) electrons. The third kappa shape index (κ3) is 3.84. The molecular formula is C9H5F8NO2. The maximum absolute atomic E-state index is 12.6. The lowest BCUT2D eigenvalue weighted by atomic mass is 10.2. The number of aromatic nitrogens is 1. The van der Waals surface area contributed by atoms with Gasteiger partial charge in [-0.1, -0.05) is 0 Å². The average Bonchev–Trinajstić information content (AvgIpc) is 2.25. The minimum atomic E-state index is -5.58. The third-order valence-electron chi connectivity index (χ3n) is 1.91. The van der Waals surface area contributed by atoms with E-state index in [2.05, 4.69) is 14.5 Å². The van der Waals surface area contributed by atoms with Gasteiger partial charge in [-0.05, 0) is 0 Å². The highest BCUT2D eigenvalue weighted by molar-refractivity contribution is 5.43. The summed E-state index contributed by atoms with van der Waals surface area (Å²) in [6, 6.07) is 0.0347. The molecule has 1 aromatic rings. The van der Waals surface area contributed by atoms with Crippen LogP contribution >= 0.6 is 0 Å². The maximum atomic E-state index is 12.6. The van der Waals surface area contributed by atoms with Crippen molar-refractivity contribution in [1.82, 2.24) is 4.98 Å². The summed E-state index contributed by atoms with van der Waals surface area (Å²) in [5.74, 6) is -3.01. The molecule has 114 valence electrons. The zero-order valence-electron chi connectivity index (χ0n) is 9.44. The minimum absolute atomic E-state index is 0.0347. The van der Waals surface area contributed by atoms with Crippen LogP contribution in [0.25, 0.3) is 0 Å². The van der Waals surface area contributed by atoms with Crippen molar-refractivity contribution in [2.45, 2.75) is 19.0 Å². The molecule has 0 fully saturated rings. The van der Waals surface area contributed by atoms with Crippen molar-refractivity contribution in [2.24, 2.45) is 0 Å². The number of alkyl halides is 8. The van der Waals surface area contributed by atoms with Crippen LogP contribution in [-0.4, -0.2) is 18.5 Å². The van der Waals surface area contributed by atoms with E-state index in [0.717, 1.165) is 7.11 Å². The highest BCUT2D eigenvalue weighted by Gasteiger charge is 2.43. The molecule has 0 amide bonds. The summed E-state index contributed by atoms with van der Waals surface area (Å²) in [6.45, 7) is 0. The zero-order valence-corrected chi connectivity index (χ0v) is 9.44. The Morgan fingerprint density at radius 1 is 1.10 bits per heavy atom. The second-order valence-corrected chi connectivity index (χ2v) is 3.27. The molecule has 20 heavy (non-hydrogen) atoms. The highest BCUT2D eigenvalue weighted by atomic mass is 19.4. The molecular weight excluding hydrogens is 306 g/mol. The van der Waals surface area contributed by atoms with Gasteiger partial charge in [-0.25, -0.2) is 13.8 Å². The van der Waals surface area contributed by atoms with Crippen LogP contribution in [0.4, 0.5) is 35.1 Å². The number of hydrogen-bond acceptors (Lipinski definition) is 3. The normalized spacial score (nSPS) is 12.7. The van der Waals surface area contributed by atoms with E-state index in [-0.39, 0.29) is 6.07 Å². The molecule has 3 nitrogen and oxygen atoms in total. The Labute approximate surface area is 106 Å². The Morgan fingerprint density at radius 3 is 2.00 bits per heavy atom. The van der Waals surface area contributed by atoms with E-state index in [4.69, 9.17) is 0 Å². The molecule has 0 aromatic carbocycles.